The molecule has 3 aliphatic rings. The second kappa shape index (κ2) is 17.8. The molecule has 14 nitrogen and oxygen atoms in total. The van der Waals surface area contributed by atoms with E-state index in [1.54, 1.807) is 18.1 Å². The molecule has 3 aliphatic heterocycles. The van der Waals surface area contributed by atoms with Crippen LogP contribution in [0.5, 0.6) is 28.7 Å². The Morgan fingerprint density at radius 3 is 2.37 bits per heavy atom. The molecule has 5 atom stereocenters. The molecular weight excluding hydrogens is 751 g/mol. The molecule has 2 aromatic carbocycles. The van der Waals surface area contributed by atoms with Gasteiger partial charge in [-0.1, -0.05) is 52.1 Å². The zero-order chi connectivity index (χ0) is 41.8. The van der Waals surface area contributed by atoms with Crippen molar-refractivity contribution in [3.05, 3.63) is 65.3 Å². The quantitative estimate of drug-likeness (QED) is 0.0737. The largest absolute Gasteiger partial charge is 0.493 e. The lowest BCUT2D eigenvalue weighted by molar-refractivity contribution is -0.146. The number of hydrogen-bond acceptors (Lipinski definition) is 13. The SMILES string of the molecule is C=CCOC(=O)N1[C@@H]2c3c(cc(C)c(OC)c3OCC=C)C[C@H]1[C@H](C#N)N([C@@H](COC(C)=O)c1cc(OCOC)c(C)c3c1OCO3)[C@H]2CO[Si](C)(C)C(C)(C)C. The van der Waals surface area contributed by atoms with Crippen LogP contribution >= 0.6 is 0 Å². The molecule has 5 rings (SSSR count). The van der Waals surface area contributed by atoms with E-state index in [1.807, 2.05) is 30.9 Å². The van der Waals surface area contributed by atoms with Crippen LogP contribution in [0.15, 0.2) is 37.4 Å². The summed E-state index contributed by atoms with van der Waals surface area (Å²) < 4.78 is 54.6. The Morgan fingerprint density at radius 2 is 1.75 bits per heavy atom. The molecule has 2 aromatic rings. The number of ether oxygens (including phenoxy) is 8. The van der Waals surface area contributed by atoms with Gasteiger partial charge in [-0.25, -0.2) is 4.79 Å². The van der Waals surface area contributed by atoms with Crippen molar-refractivity contribution in [3.8, 4) is 34.8 Å². The number of amides is 1. The van der Waals surface area contributed by atoms with E-state index in [2.05, 4.69) is 53.1 Å². The van der Waals surface area contributed by atoms with Gasteiger partial charge in [0, 0.05) is 30.7 Å². The summed E-state index contributed by atoms with van der Waals surface area (Å²) in [5, 5.41) is 11.2. The number of methoxy groups -OCH3 is 2. The average Bonchev–Trinajstić information content (AvgIpc) is 3.66. The fraction of sp³-hybridized carbons (Fsp3) is 0.548. The van der Waals surface area contributed by atoms with Crippen molar-refractivity contribution in [1.29, 1.82) is 5.26 Å². The van der Waals surface area contributed by atoms with Gasteiger partial charge in [0.15, 0.2) is 38.1 Å². The maximum absolute atomic E-state index is 14.5. The zero-order valence-electron chi connectivity index (χ0n) is 34.9. The number of hydrogen-bond donors (Lipinski definition) is 0. The van der Waals surface area contributed by atoms with Crippen molar-refractivity contribution in [1.82, 2.24) is 9.80 Å². The summed E-state index contributed by atoms with van der Waals surface area (Å²) in [5.74, 6) is 1.79. The minimum absolute atomic E-state index is 0.0422. The van der Waals surface area contributed by atoms with Crippen LogP contribution < -0.4 is 23.7 Å². The zero-order valence-corrected chi connectivity index (χ0v) is 35.9. The lowest BCUT2D eigenvalue weighted by Crippen LogP contribution is -2.70. The number of carbonyl (C=O) groups is 2. The molecule has 1 fully saturated rings. The van der Waals surface area contributed by atoms with Crippen molar-refractivity contribution < 1.29 is 51.9 Å². The maximum atomic E-state index is 14.5. The number of piperazine rings is 1. The normalized spacial score (nSPS) is 20.5. The first-order valence-electron chi connectivity index (χ1n) is 19.1. The Morgan fingerprint density at radius 1 is 1.05 bits per heavy atom. The second-order valence-corrected chi connectivity index (χ2v) is 20.7. The molecule has 0 radical (unpaired) electrons. The summed E-state index contributed by atoms with van der Waals surface area (Å²) >= 11 is 0. The fourth-order valence-corrected chi connectivity index (χ4v) is 8.75. The number of nitrogens with zero attached hydrogens (tertiary/aromatic N) is 3. The Balaban J connectivity index is 1.87. The smallest absolute Gasteiger partial charge is 0.411 e. The number of fused-ring (bicyclic) bond motifs is 5. The van der Waals surface area contributed by atoms with Gasteiger partial charge in [-0.05, 0) is 55.6 Å². The molecule has 0 saturated carbocycles. The van der Waals surface area contributed by atoms with Gasteiger partial charge >= 0.3 is 12.1 Å². The summed E-state index contributed by atoms with van der Waals surface area (Å²) in [6.07, 6.45) is 2.79. The first kappa shape index (κ1) is 43.4. The number of aryl methyl sites for hydroxylation is 1. The number of benzene rings is 2. The van der Waals surface area contributed by atoms with Crippen LogP contribution in [0.2, 0.25) is 18.1 Å². The van der Waals surface area contributed by atoms with Crippen molar-refractivity contribution in [2.45, 2.75) is 96.3 Å². The Bertz CT molecular complexity index is 1890. The van der Waals surface area contributed by atoms with Crippen molar-refractivity contribution in [2.75, 3.05) is 54.2 Å². The van der Waals surface area contributed by atoms with E-state index >= 15 is 0 Å². The van der Waals surface area contributed by atoms with E-state index < -0.39 is 50.6 Å². The monoisotopic (exact) mass is 807 g/mol. The van der Waals surface area contributed by atoms with Gasteiger partial charge in [0.05, 0.1) is 44.0 Å². The summed E-state index contributed by atoms with van der Waals surface area (Å²) in [7, 11) is 0.596. The van der Waals surface area contributed by atoms with E-state index in [4.69, 9.17) is 42.3 Å². The number of rotatable bonds is 16. The highest BCUT2D eigenvalue weighted by Crippen LogP contribution is 2.55. The molecule has 0 spiro atoms. The number of nitriles is 1. The van der Waals surface area contributed by atoms with Crippen LogP contribution in [-0.4, -0.2) is 103 Å². The molecular formula is C42H57N3O11Si. The molecule has 57 heavy (non-hydrogen) atoms. The second-order valence-electron chi connectivity index (χ2n) is 15.9. The van der Waals surface area contributed by atoms with Crippen LogP contribution in [0.3, 0.4) is 0 Å². The summed E-state index contributed by atoms with van der Waals surface area (Å²) in [6.45, 7) is 23.4. The van der Waals surface area contributed by atoms with Gasteiger partial charge in [0.2, 0.25) is 6.79 Å². The summed E-state index contributed by atoms with van der Waals surface area (Å²) in [5.41, 5.74) is 3.67. The van der Waals surface area contributed by atoms with Crippen LogP contribution in [0.4, 0.5) is 4.79 Å². The van der Waals surface area contributed by atoms with E-state index in [1.165, 1.54) is 20.1 Å². The maximum Gasteiger partial charge on any atom is 0.411 e. The van der Waals surface area contributed by atoms with Gasteiger partial charge in [0.1, 0.15) is 31.6 Å². The Hall–Kier alpha value is -4.75. The topological polar surface area (TPSA) is 147 Å². The number of esters is 1. The first-order valence-corrected chi connectivity index (χ1v) is 22.0. The van der Waals surface area contributed by atoms with Gasteiger partial charge < -0.3 is 42.3 Å². The van der Waals surface area contributed by atoms with Crippen LogP contribution in [0.25, 0.3) is 0 Å². The summed E-state index contributed by atoms with van der Waals surface area (Å²) in [4.78, 5) is 30.8. The molecule has 1 amide bonds. The molecule has 0 aromatic heterocycles. The van der Waals surface area contributed by atoms with Crippen LogP contribution in [-0.2, 0) is 29.9 Å². The van der Waals surface area contributed by atoms with Crippen molar-refractivity contribution in [3.63, 3.8) is 0 Å². The molecule has 0 unspecified atom stereocenters. The third-order valence-corrected chi connectivity index (χ3v) is 15.9. The predicted octanol–water partition coefficient (Wildman–Crippen LogP) is 7.08. The van der Waals surface area contributed by atoms with E-state index in [0.717, 1.165) is 11.1 Å². The highest BCUT2D eigenvalue weighted by molar-refractivity contribution is 6.74. The molecule has 2 bridgehead atoms. The van der Waals surface area contributed by atoms with E-state index in [9.17, 15) is 14.9 Å². The van der Waals surface area contributed by atoms with Gasteiger partial charge in [-0.15, -0.1) is 0 Å². The molecule has 1 saturated heterocycles. The third-order valence-electron chi connectivity index (χ3n) is 11.4. The molecule has 3 heterocycles. The fourth-order valence-electron chi connectivity index (χ4n) is 7.73. The molecule has 15 heteroatoms. The predicted molar refractivity (Wildman–Crippen MR) is 214 cm³/mol. The molecule has 0 aliphatic carbocycles. The van der Waals surface area contributed by atoms with Crippen molar-refractivity contribution in [2.24, 2.45) is 0 Å². The molecule has 0 N–H and O–H groups in total. The Labute approximate surface area is 337 Å². The number of carbonyl (C=O) groups excluding carboxylic acids is 2. The van der Waals surface area contributed by atoms with Gasteiger partial charge in [0.25, 0.3) is 0 Å². The average molecular weight is 808 g/mol. The third kappa shape index (κ3) is 8.45. The van der Waals surface area contributed by atoms with Crippen molar-refractivity contribution >= 4 is 20.4 Å². The van der Waals surface area contributed by atoms with Gasteiger partial charge in [-0.3, -0.25) is 14.6 Å². The standard InChI is InChI=1S/C42H57N3O11Si/c1-13-15-50-40-35-28(17-25(3)37(40)49-10)18-30-31(20-43)44(33(22-56-57(11,12)42(6,7)8)36(35)45(30)41(47)51-16-14-2)32(21-52-27(5)46)29-19-34(53-23-48-9)26(4)38-39(29)55-24-54-38/h13-14,17,19,30-33,36H,1-2,15-16,18,21-24H2,3-12H3/t30-,31-,32-,33-,36-/m0/s1. The first-order chi connectivity index (χ1) is 27.1. The lowest BCUT2D eigenvalue weighted by atomic mass is 9.76. The van der Waals surface area contributed by atoms with Crippen LogP contribution in [0.1, 0.15) is 67.6 Å². The Kier molecular flexibility index (Phi) is 13.5. The lowest BCUT2D eigenvalue weighted by Gasteiger charge is -2.58. The molecule has 310 valence electrons. The van der Waals surface area contributed by atoms with Crippen LogP contribution in [0, 0.1) is 25.2 Å². The van der Waals surface area contributed by atoms with Gasteiger partial charge in [-0.2, -0.15) is 5.26 Å². The summed E-state index contributed by atoms with van der Waals surface area (Å²) in [6, 6.07) is 2.27. The minimum atomic E-state index is -2.50. The minimum Gasteiger partial charge on any atom is -0.493 e. The van der Waals surface area contributed by atoms with E-state index in [0.29, 0.717) is 45.4 Å². The highest BCUT2D eigenvalue weighted by atomic mass is 28.4. The highest BCUT2D eigenvalue weighted by Gasteiger charge is 2.58. The van der Waals surface area contributed by atoms with E-state index in [-0.39, 0.29) is 51.5 Å².